The largest absolute Gasteiger partial charge is 0.481 e. The lowest BCUT2D eigenvalue weighted by atomic mass is 10.2. The monoisotopic (exact) mass is 329 g/mol. The normalized spacial score (nSPS) is 10.6. The average Bonchev–Trinajstić information content (AvgIpc) is 2.78. The minimum Gasteiger partial charge on any atom is -0.481 e. The fourth-order valence-electron chi connectivity index (χ4n) is 1.44. The predicted molar refractivity (Wildman–Crippen MR) is 70.0 cm³/mol. The minimum atomic E-state index is -0.853. The third-order valence-corrected chi connectivity index (χ3v) is 3.69. The molecule has 0 saturated heterocycles. The number of hydrogen-bond acceptors (Lipinski definition) is 3. The van der Waals surface area contributed by atoms with Crippen molar-refractivity contribution >= 4 is 33.5 Å². The van der Waals surface area contributed by atoms with Crippen molar-refractivity contribution in [2.24, 2.45) is 0 Å². The molecule has 0 amide bonds. The van der Waals surface area contributed by atoms with Gasteiger partial charge in [-0.3, -0.25) is 4.79 Å². The van der Waals surface area contributed by atoms with Crippen LogP contribution in [0.25, 0.3) is 5.69 Å². The number of carboxylic acids is 1. The van der Waals surface area contributed by atoms with E-state index in [1.54, 1.807) is 23.0 Å². The van der Waals surface area contributed by atoms with Gasteiger partial charge in [0, 0.05) is 6.42 Å². The van der Waals surface area contributed by atoms with E-state index < -0.39 is 5.97 Å². The van der Waals surface area contributed by atoms with Crippen molar-refractivity contribution < 1.29 is 9.90 Å². The Balaban J connectivity index is 2.24. The van der Waals surface area contributed by atoms with Gasteiger partial charge >= 0.3 is 5.97 Å². The number of nitrogens with zero attached hydrogens (tertiary/aromatic N) is 3. The molecule has 1 heterocycles. The molecule has 0 radical (unpaired) electrons. The topological polar surface area (TPSA) is 68.0 Å². The van der Waals surface area contributed by atoms with Crippen LogP contribution in [0.1, 0.15) is 12.1 Å². The molecule has 1 N–H and O–H groups in total. The number of halogens is 2. The summed E-state index contributed by atoms with van der Waals surface area (Å²) in [5.74, 6) is -0.853. The molecule has 0 spiro atoms. The van der Waals surface area contributed by atoms with Crippen LogP contribution >= 0.6 is 27.5 Å². The first-order chi connectivity index (χ1) is 8.58. The number of aryl methyl sites for hydroxylation is 1. The van der Waals surface area contributed by atoms with Gasteiger partial charge in [0.05, 0.1) is 33.5 Å². The molecule has 0 saturated carbocycles. The molecular formula is C11H9BrClN3O2. The number of benzene rings is 1. The maximum Gasteiger partial charge on any atom is 0.303 e. The van der Waals surface area contributed by atoms with Gasteiger partial charge in [-0.1, -0.05) is 22.9 Å². The van der Waals surface area contributed by atoms with Crippen LogP contribution in [0.4, 0.5) is 0 Å². The first-order valence-electron chi connectivity index (χ1n) is 5.15. The van der Waals surface area contributed by atoms with Crippen LogP contribution < -0.4 is 0 Å². The lowest BCUT2D eigenvalue weighted by molar-refractivity contribution is -0.136. The van der Waals surface area contributed by atoms with Crippen LogP contribution in [-0.2, 0) is 11.2 Å². The van der Waals surface area contributed by atoms with Gasteiger partial charge in [0.15, 0.2) is 0 Å². The Kier molecular flexibility index (Phi) is 3.98. The molecule has 2 aromatic rings. The lowest BCUT2D eigenvalue weighted by Gasteiger charge is -2.04. The molecule has 18 heavy (non-hydrogen) atoms. The van der Waals surface area contributed by atoms with Crippen molar-refractivity contribution in [3.63, 3.8) is 0 Å². The average molecular weight is 331 g/mol. The molecule has 0 aliphatic heterocycles. The summed E-state index contributed by atoms with van der Waals surface area (Å²) in [4.78, 5) is 10.5. The Morgan fingerprint density at radius 1 is 1.50 bits per heavy atom. The Morgan fingerprint density at radius 2 is 2.28 bits per heavy atom. The van der Waals surface area contributed by atoms with Gasteiger partial charge in [0.1, 0.15) is 0 Å². The summed E-state index contributed by atoms with van der Waals surface area (Å²) in [6.07, 6.45) is 2.09. The maximum atomic E-state index is 10.5. The number of carbonyl (C=O) groups is 1. The molecule has 7 heteroatoms. The van der Waals surface area contributed by atoms with Crippen molar-refractivity contribution in [3.05, 3.63) is 39.6 Å². The highest BCUT2D eigenvalue weighted by Gasteiger charge is 2.09. The summed E-state index contributed by atoms with van der Waals surface area (Å²) in [5, 5.41) is 17.1. The van der Waals surface area contributed by atoms with Crippen LogP contribution in [0, 0.1) is 0 Å². The van der Waals surface area contributed by atoms with Crippen molar-refractivity contribution in [1.82, 2.24) is 15.0 Å². The van der Waals surface area contributed by atoms with Crippen molar-refractivity contribution in [1.29, 1.82) is 0 Å². The van der Waals surface area contributed by atoms with Gasteiger partial charge < -0.3 is 5.11 Å². The van der Waals surface area contributed by atoms with E-state index in [9.17, 15) is 4.79 Å². The summed E-state index contributed by atoms with van der Waals surface area (Å²) >= 11 is 9.36. The second-order valence-electron chi connectivity index (χ2n) is 3.62. The standard InChI is InChI=1S/C11H9BrClN3O2/c12-11-8(13)2-1-3-9(11)16-6-7(14-15-16)4-5-10(17)18/h1-3,6H,4-5H2,(H,17,18). The van der Waals surface area contributed by atoms with Crippen molar-refractivity contribution in [3.8, 4) is 5.69 Å². The first-order valence-corrected chi connectivity index (χ1v) is 6.32. The van der Waals surface area contributed by atoms with Crippen molar-refractivity contribution in [2.45, 2.75) is 12.8 Å². The smallest absolute Gasteiger partial charge is 0.303 e. The summed E-state index contributed by atoms with van der Waals surface area (Å²) in [5.41, 5.74) is 1.39. The highest BCUT2D eigenvalue weighted by Crippen LogP contribution is 2.28. The predicted octanol–water partition coefficient (Wildman–Crippen LogP) is 2.70. The molecular weight excluding hydrogens is 321 g/mol. The minimum absolute atomic E-state index is 0.0371. The van der Waals surface area contributed by atoms with Crippen LogP contribution in [-0.4, -0.2) is 26.1 Å². The summed E-state index contributed by atoms with van der Waals surface area (Å²) in [6, 6.07) is 5.41. The molecule has 1 aromatic carbocycles. The summed E-state index contributed by atoms with van der Waals surface area (Å²) in [7, 11) is 0. The molecule has 0 atom stereocenters. The maximum absolute atomic E-state index is 10.5. The number of aliphatic carboxylic acids is 1. The highest BCUT2D eigenvalue weighted by molar-refractivity contribution is 9.10. The van der Waals surface area contributed by atoms with Gasteiger partial charge in [0.2, 0.25) is 0 Å². The Morgan fingerprint density at radius 3 is 3.00 bits per heavy atom. The van der Waals surface area contributed by atoms with Crippen LogP contribution in [0.3, 0.4) is 0 Å². The Hall–Kier alpha value is -1.40. The van der Waals surface area contributed by atoms with E-state index in [2.05, 4.69) is 26.2 Å². The second kappa shape index (κ2) is 5.49. The van der Waals surface area contributed by atoms with E-state index in [0.717, 1.165) is 10.2 Å². The first kappa shape index (κ1) is 13.0. The van der Waals surface area contributed by atoms with Crippen LogP contribution in [0.5, 0.6) is 0 Å². The van der Waals surface area contributed by atoms with Crippen LogP contribution in [0.2, 0.25) is 5.02 Å². The van der Waals surface area contributed by atoms with E-state index in [-0.39, 0.29) is 6.42 Å². The third-order valence-electron chi connectivity index (χ3n) is 2.31. The van der Waals surface area contributed by atoms with Gasteiger partial charge in [-0.25, -0.2) is 4.68 Å². The number of rotatable bonds is 4. The Bertz CT molecular complexity index is 585. The highest BCUT2D eigenvalue weighted by atomic mass is 79.9. The fourth-order valence-corrected chi connectivity index (χ4v) is 2.05. The molecule has 1 aromatic heterocycles. The summed E-state index contributed by atoms with van der Waals surface area (Å²) in [6.45, 7) is 0. The van der Waals surface area contributed by atoms with Crippen molar-refractivity contribution in [2.75, 3.05) is 0 Å². The van der Waals surface area contributed by atoms with E-state index in [0.29, 0.717) is 17.1 Å². The quantitative estimate of drug-likeness (QED) is 0.936. The zero-order valence-corrected chi connectivity index (χ0v) is 11.5. The molecule has 0 bridgehead atoms. The third kappa shape index (κ3) is 2.88. The van der Waals surface area contributed by atoms with Crippen LogP contribution in [0.15, 0.2) is 28.9 Å². The van der Waals surface area contributed by atoms with Gasteiger partial charge in [-0.15, -0.1) is 5.10 Å². The molecule has 0 aliphatic carbocycles. The van der Waals surface area contributed by atoms with E-state index in [4.69, 9.17) is 16.7 Å². The zero-order chi connectivity index (χ0) is 13.1. The molecule has 0 unspecified atom stereocenters. The number of aromatic nitrogens is 3. The van der Waals surface area contributed by atoms with E-state index in [1.807, 2.05) is 6.07 Å². The number of carboxylic acid groups (broad SMARTS) is 1. The zero-order valence-electron chi connectivity index (χ0n) is 9.18. The molecule has 0 fully saturated rings. The second-order valence-corrected chi connectivity index (χ2v) is 4.82. The SMILES string of the molecule is O=C(O)CCc1cn(-c2cccc(Cl)c2Br)nn1. The van der Waals surface area contributed by atoms with E-state index in [1.165, 1.54) is 0 Å². The summed E-state index contributed by atoms with van der Waals surface area (Å²) < 4.78 is 2.29. The molecule has 5 nitrogen and oxygen atoms in total. The fraction of sp³-hybridized carbons (Fsp3) is 0.182. The van der Waals surface area contributed by atoms with Gasteiger partial charge in [-0.05, 0) is 28.1 Å². The molecule has 0 aliphatic rings. The molecule has 2 rings (SSSR count). The lowest BCUT2D eigenvalue weighted by Crippen LogP contribution is -1.97. The Labute approximate surface area is 117 Å². The van der Waals surface area contributed by atoms with Gasteiger partial charge in [0.25, 0.3) is 0 Å². The number of hydrogen-bond donors (Lipinski definition) is 1. The van der Waals surface area contributed by atoms with E-state index >= 15 is 0 Å². The van der Waals surface area contributed by atoms with Gasteiger partial charge in [-0.2, -0.15) is 0 Å². The molecule has 94 valence electrons.